The molecule has 0 aliphatic rings. The van der Waals surface area contributed by atoms with E-state index in [1.165, 1.54) is 7.05 Å². The van der Waals surface area contributed by atoms with Crippen molar-refractivity contribution in [3.05, 3.63) is 26.7 Å². The molecule has 2 heterocycles. The maximum atomic E-state index is 11.5. The number of ether oxygens (including phenoxy) is 1. The van der Waals surface area contributed by atoms with Gasteiger partial charge in [-0.15, -0.1) is 0 Å². The van der Waals surface area contributed by atoms with E-state index in [4.69, 9.17) is 4.74 Å². The Balaban J connectivity index is 2.70. The quantitative estimate of drug-likeness (QED) is 0.660. The second-order valence-corrected chi connectivity index (χ2v) is 3.32. The van der Waals surface area contributed by atoms with E-state index in [0.717, 1.165) is 4.57 Å². The Labute approximate surface area is 94.2 Å². The fourth-order valence-corrected chi connectivity index (χ4v) is 1.40. The number of rotatable bonds is 2. The monoisotopic (exact) mass is 238 g/mol. The first-order valence-corrected chi connectivity index (χ1v) is 4.90. The van der Waals surface area contributed by atoms with Crippen LogP contribution >= 0.6 is 0 Å². The number of esters is 1. The topological polar surface area (TPSA) is 110 Å². The van der Waals surface area contributed by atoms with E-state index in [1.54, 1.807) is 6.92 Å². The molecule has 0 aliphatic heterocycles. The lowest BCUT2D eigenvalue weighted by Gasteiger charge is -1.95. The molecule has 0 saturated carbocycles. The van der Waals surface area contributed by atoms with Gasteiger partial charge in [-0.25, -0.2) is 14.6 Å². The first-order valence-electron chi connectivity index (χ1n) is 4.90. The Morgan fingerprint density at radius 1 is 1.41 bits per heavy atom. The molecule has 2 aromatic heterocycles. The first kappa shape index (κ1) is 11.1. The minimum absolute atomic E-state index is 0.0650. The number of aromatic amines is 2. The average Bonchev–Trinajstić information content (AvgIpc) is 2.72. The zero-order valence-electron chi connectivity index (χ0n) is 9.23. The number of H-pyrrole nitrogens is 2. The number of fused-ring (bicyclic) bond motifs is 1. The van der Waals surface area contributed by atoms with E-state index >= 15 is 0 Å². The van der Waals surface area contributed by atoms with Crippen molar-refractivity contribution < 1.29 is 9.53 Å². The van der Waals surface area contributed by atoms with E-state index in [9.17, 15) is 14.4 Å². The summed E-state index contributed by atoms with van der Waals surface area (Å²) in [7, 11) is 1.44. The van der Waals surface area contributed by atoms with Crippen molar-refractivity contribution in [3.8, 4) is 0 Å². The van der Waals surface area contributed by atoms with Gasteiger partial charge in [0.25, 0.3) is 5.56 Å². The van der Waals surface area contributed by atoms with Crippen LogP contribution < -0.4 is 11.2 Å². The maximum absolute atomic E-state index is 11.5. The lowest BCUT2D eigenvalue weighted by Crippen LogP contribution is -2.28. The number of hydrogen-bond donors (Lipinski definition) is 2. The summed E-state index contributed by atoms with van der Waals surface area (Å²) >= 11 is 0. The minimum atomic E-state index is -0.671. The van der Waals surface area contributed by atoms with Crippen LogP contribution in [0.4, 0.5) is 0 Å². The first-order chi connectivity index (χ1) is 8.04. The van der Waals surface area contributed by atoms with E-state index in [-0.39, 0.29) is 23.6 Å². The van der Waals surface area contributed by atoms with Crippen LogP contribution in [0.5, 0.6) is 0 Å². The summed E-state index contributed by atoms with van der Waals surface area (Å²) in [5.74, 6) is -0.774. The lowest BCUT2D eigenvalue weighted by atomic mass is 10.5. The SMILES string of the molecule is CCOC(=O)c1nc2c([nH]1)c(=O)[nH]c(=O)n2C. The number of nitrogens with zero attached hydrogens (tertiary/aromatic N) is 2. The summed E-state index contributed by atoms with van der Waals surface area (Å²) in [6, 6.07) is 0. The standard InChI is InChI=1S/C9H10N4O4/c1-3-17-8(15)5-10-4-6(11-5)13(2)9(16)12-7(4)14/h3H2,1-2H3,(H,10,11)(H,12,14,16). The predicted octanol–water partition coefficient (Wildman–Crippen LogP) is -0.873. The molecule has 2 aromatic rings. The molecule has 2 N–H and O–H groups in total. The van der Waals surface area contributed by atoms with Crippen LogP contribution in [-0.2, 0) is 11.8 Å². The fourth-order valence-electron chi connectivity index (χ4n) is 1.40. The molecule has 0 bridgehead atoms. The highest BCUT2D eigenvalue weighted by Gasteiger charge is 2.16. The number of hydrogen-bond acceptors (Lipinski definition) is 5. The van der Waals surface area contributed by atoms with E-state index < -0.39 is 17.2 Å². The third kappa shape index (κ3) is 1.73. The molecule has 8 heteroatoms. The third-order valence-corrected chi connectivity index (χ3v) is 2.22. The average molecular weight is 238 g/mol. The Morgan fingerprint density at radius 3 is 2.76 bits per heavy atom. The van der Waals surface area contributed by atoms with E-state index in [2.05, 4.69) is 15.0 Å². The van der Waals surface area contributed by atoms with Crippen LogP contribution in [0, 0.1) is 0 Å². The van der Waals surface area contributed by atoms with Crippen molar-refractivity contribution in [1.82, 2.24) is 19.5 Å². The maximum Gasteiger partial charge on any atom is 0.374 e. The third-order valence-electron chi connectivity index (χ3n) is 2.22. The highest BCUT2D eigenvalue weighted by Crippen LogP contribution is 2.04. The summed E-state index contributed by atoms with van der Waals surface area (Å²) in [6.45, 7) is 1.86. The highest BCUT2D eigenvalue weighted by molar-refractivity contribution is 5.89. The molecule has 0 unspecified atom stereocenters. The molecule has 17 heavy (non-hydrogen) atoms. The van der Waals surface area contributed by atoms with Gasteiger partial charge in [-0.1, -0.05) is 0 Å². The van der Waals surface area contributed by atoms with Crippen molar-refractivity contribution in [2.45, 2.75) is 6.92 Å². The molecule has 2 rings (SSSR count). The van der Waals surface area contributed by atoms with Crippen molar-refractivity contribution in [1.29, 1.82) is 0 Å². The molecule has 90 valence electrons. The summed E-state index contributed by atoms with van der Waals surface area (Å²) in [6.07, 6.45) is 0. The zero-order valence-corrected chi connectivity index (χ0v) is 9.23. The molecule has 0 atom stereocenters. The smallest absolute Gasteiger partial charge is 0.374 e. The Bertz CT molecular complexity index is 693. The van der Waals surface area contributed by atoms with Gasteiger partial charge in [-0.05, 0) is 6.92 Å². The largest absolute Gasteiger partial charge is 0.460 e. The Morgan fingerprint density at radius 2 is 2.12 bits per heavy atom. The highest BCUT2D eigenvalue weighted by atomic mass is 16.5. The molecular weight excluding hydrogens is 228 g/mol. The van der Waals surface area contributed by atoms with E-state index in [1.807, 2.05) is 0 Å². The summed E-state index contributed by atoms with van der Waals surface area (Å²) in [5.41, 5.74) is -1.03. The second kappa shape index (κ2) is 3.89. The Hall–Kier alpha value is -2.38. The van der Waals surface area contributed by atoms with Gasteiger partial charge in [-0.2, -0.15) is 0 Å². The lowest BCUT2D eigenvalue weighted by molar-refractivity contribution is 0.0513. The van der Waals surface area contributed by atoms with Gasteiger partial charge in [0.1, 0.15) is 5.52 Å². The summed E-state index contributed by atoms with van der Waals surface area (Å²) < 4.78 is 5.87. The minimum Gasteiger partial charge on any atom is -0.460 e. The van der Waals surface area contributed by atoms with Crippen molar-refractivity contribution in [2.24, 2.45) is 7.05 Å². The van der Waals surface area contributed by atoms with Gasteiger partial charge in [0.15, 0.2) is 5.65 Å². The molecule has 0 aliphatic carbocycles. The number of nitrogens with one attached hydrogen (secondary N) is 2. The number of imidazole rings is 1. The zero-order chi connectivity index (χ0) is 12.6. The molecule has 0 amide bonds. The summed E-state index contributed by atoms with van der Waals surface area (Å²) in [5, 5.41) is 0. The van der Waals surface area contributed by atoms with Crippen molar-refractivity contribution in [3.63, 3.8) is 0 Å². The predicted molar refractivity (Wildman–Crippen MR) is 57.9 cm³/mol. The molecular formula is C9H10N4O4. The molecule has 0 fully saturated rings. The Kier molecular flexibility index (Phi) is 2.54. The normalized spacial score (nSPS) is 10.7. The van der Waals surface area contributed by atoms with Gasteiger partial charge in [-0.3, -0.25) is 14.3 Å². The van der Waals surface area contributed by atoms with Gasteiger partial charge in [0, 0.05) is 7.05 Å². The molecule has 8 nitrogen and oxygen atoms in total. The van der Waals surface area contributed by atoms with E-state index in [0.29, 0.717) is 0 Å². The van der Waals surface area contributed by atoms with Crippen LogP contribution in [0.15, 0.2) is 9.59 Å². The van der Waals surface area contributed by atoms with Gasteiger partial charge in [0.2, 0.25) is 5.82 Å². The summed E-state index contributed by atoms with van der Waals surface area (Å²) in [4.78, 5) is 42.6. The second-order valence-electron chi connectivity index (χ2n) is 3.32. The van der Waals surface area contributed by atoms with Crippen LogP contribution in [0.1, 0.15) is 17.5 Å². The van der Waals surface area contributed by atoms with Crippen molar-refractivity contribution >= 4 is 17.1 Å². The van der Waals surface area contributed by atoms with Crippen molar-refractivity contribution in [2.75, 3.05) is 6.61 Å². The molecule has 0 radical (unpaired) electrons. The van der Waals surface area contributed by atoms with Crippen LogP contribution in [0.3, 0.4) is 0 Å². The number of aryl methyl sites for hydroxylation is 1. The molecule has 0 aromatic carbocycles. The van der Waals surface area contributed by atoms with Gasteiger partial charge in [0.05, 0.1) is 6.61 Å². The van der Waals surface area contributed by atoms with Crippen LogP contribution in [0.2, 0.25) is 0 Å². The fraction of sp³-hybridized carbons (Fsp3) is 0.333. The molecule has 0 saturated heterocycles. The van der Waals surface area contributed by atoms with Gasteiger partial charge >= 0.3 is 11.7 Å². The van der Waals surface area contributed by atoms with Crippen LogP contribution in [-0.4, -0.2) is 32.1 Å². The van der Waals surface area contributed by atoms with Gasteiger partial charge < -0.3 is 9.72 Å². The number of aromatic nitrogens is 4. The number of carbonyl (C=O) groups is 1. The van der Waals surface area contributed by atoms with Crippen LogP contribution in [0.25, 0.3) is 11.2 Å². The molecule has 0 spiro atoms. The number of carbonyl (C=O) groups excluding carboxylic acids is 1.